The first-order valence-electron chi connectivity index (χ1n) is 10.0. The number of hydrogen-bond donors (Lipinski definition) is 1. The van der Waals surface area contributed by atoms with E-state index in [2.05, 4.69) is 10.5 Å². The van der Waals surface area contributed by atoms with Crippen molar-refractivity contribution >= 4 is 29.1 Å². The fourth-order valence-electron chi connectivity index (χ4n) is 3.64. The zero-order valence-electron chi connectivity index (χ0n) is 17.0. The molecule has 4 rings (SSSR count). The highest BCUT2D eigenvalue weighted by atomic mass is 35.5. The van der Waals surface area contributed by atoms with Crippen LogP contribution in [0.4, 0.5) is 5.69 Å². The molecule has 0 bridgehead atoms. The Hall–Kier alpha value is -3.32. The number of hydrogen-bond acceptors (Lipinski definition) is 5. The number of nitrogens with one attached hydrogen (secondary N) is 1. The Bertz CT molecular complexity index is 1090. The van der Waals surface area contributed by atoms with E-state index in [1.165, 1.54) is 0 Å². The van der Waals surface area contributed by atoms with Crippen LogP contribution in [0, 0.1) is 5.92 Å². The van der Waals surface area contributed by atoms with Gasteiger partial charge in [-0.05, 0) is 37.1 Å². The summed E-state index contributed by atoms with van der Waals surface area (Å²) in [7, 11) is 1.57. The molecule has 1 saturated heterocycles. The van der Waals surface area contributed by atoms with Gasteiger partial charge in [0.25, 0.3) is 5.91 Å². The highest BCUT2D eigenvalue weighted by Crippen LogP contribution is 2.27. The molecule has 160 valence electrons. The topological polar surface area (TPSA) is 84.7 Å². The highest BCUT2D eigenvalue weighted by molar-refractivity contribution is 6.30. The summed E-state index contributed by atoms with van der Waals surface area (Å²) in [6, 6.07) is 16.1. The zero-order chi connectivity index (χ0) is 21.8. The van der Waals surface area contributed by atoms with E-state index in [1.54, 1.807) is 42.3 Å². The molecular weight excluding hydrogens is 418 g/mol. The minimum atomic E-state index is -0.208. The van der Waals surface area contributed by atoms with Crippen molar-refractivity contribution in [3.63, 3.8) is 0 Å². The van der Waals surface area contributed by atoms with E-state index in [4.69, 9.17) is 20.9 Å². The van der Waals surface area contributed by atoms with E-state index in [-0.39, 0.29) is 23.4 Å². The van der Waals surface area contributed by atoms with E-state index in [9.17, 15) is 9.59 Å². The van der Waals surface area contributed by atoms with Gasteiger partial charge in [-0.2, -0.15) is 0 Å². The lowest BCUT2D eigenvalue weighted by Crippen LogP contribution is -2.41. The molecule has 8 heteroatoms. The largest absolute Gasteiger partial charge is 0.495 e. The first kappa shape index (κ1) is 20.9. The Kier molecular flexibility index (Phi) is 6.23. The van der Waals surface area contributed by atoms with E-state index < -0.39 is 0 Å². The average molecular weight is 440 g/mol. The number of rotatable bonds is 5. The Morgan fingerprint density at radius 3 is 2.65 bits per heavy atom. The minimum Gasteiger partial charge on any atom is -0.495 e. The number of benzene rings is 2. The van der Waals surface area contributed by atoms with Crippen LogP contribution >= 0.6 is 11.6 Å². The number of piperidine rings is 1. The number of halogens is 1. The Morgan fingerprint density at radius 1 is 1.13 bits per heavy atom. The average Bonchev–Trinajstić information content (AvgIpc) is 3.29. The van der Waals surface area contributed by atoms with Crippen molar-refractivity contribution in [3.05, 3.63) is 65.3 Å². The molecular formula is C23H22ClN3O4. The normalized spacial score (nSPS) is 14.3. The van der Waals surface area contributed by atoms with E-state index in [1.807, 2.05) is 24.3 Å². The molecule has 1 aliphatic rings. The van der Waals surface area contributed by atoms with Crippen molar-refractivity contribution in [1.29, 1.82) is 0 Å². The van der Waals surface area contributed by atoms with Crippen LogP contribution in [0.1, 0.15) is 23.3 Å². The smallest absolute Gasteiger partial charge is 0.276 e. The Morgan fingerprint density at radius 2 is 1.90 bits per heavy atom. The maximum Gasteiger partial charge on any atom is 0.276 e. The van der Waals surface area contributed by atoms with Crippen LogP contribution in [0.25, 0.3) is 11.3 Å². The summed E-state index contributed by atoms with van der Waals surface area (Å²) in [5, 5.41) is 7.43. The van der Waals surface area contributed by atoms with Gasteiger partial charge in [-0.15, -0.1) is 0 Å². The molecule has 2 aromatic carbocycles. The van der Waals surface area contributed by atoms with Crippen molar-refractivity contribution in [1.82, 2.24) is 10.1 Å². The number of anilines is 1. The third-order valence-corrected chi connectivity index (χ3v) is 5.59. The highest BCUT2D eigenvalue weighted by Gasteiger charge is 2.29. The molecule has 1 N–H and O–H groups in total. The molecule has 0 atom stereocenters. The maximum absolute atomic E-state index is 12.8. The fraction of sp³-hybridized carbons (Fsp3) is 0.261. The van der Waals surface area contributed by atoms with Crippen molar-refractivity contribution in [2.45, 2.75) is 12.8 Å². The van der Waals surface area contributed by atoms with Gasteiger partial charge in [-0.25, -0.2) is 0 Å². The van der Waals surface area contributed by atoms with E-state index in [0.717, 1.165) is 5.56 Å². The van der Waals surface area contributed by atoms with E-state index in [0.29, 0.717) is 48.2 Å². The van der Waals surface area contributed by atoms with Crippen LogP contribution in [0.5, 0.6) is 5.75 Å². The van der Waals surface area contributed by atoms with Gasteiger partial charge in [0.05, 0.1) is 12.8 Å². The number of methoxy groups -OCH3 is 1. The van der Waals surface area contributed by atoms with Gasteiger partial charge in [-0.1, -0.05) is 41.0 Å². The predicted molar refractivity (Wildman–Crippen MR) is 117 cm³/mol. The zero-order valence-corrected chi connectivity index (χ0v) is 17.8. The van der Waals surface area contributed by atoms with Gasteiger partial charge in [-0.3, -0.25) is 9.59 Å². The lowest BCUT2D eigenvalue weighted by Gasteiger charge is -2.30. The summed E-state index contributed by atoms with van der Waals surface area (Å²) in [5.74, 6) is 0.650. The van der Waals surface area contributed by atoms with Gasteiger partial charge < -0.3 is 19.5 Å². The second-order valence-corrected chi connectivity index (χ2v) is 7.78. The second-order valence-electron chi connectivity index (χ2n) is 7.34. The van der Waals surface area contributed by atoms with E-state index >= 15 is 0 Å². The quantitative estimate of drug-likeness (QED) is 0.633. The van der Waals surface area contributed by atoms with Gasteiger partial charge in [0, 0.05) is 35.7 Å². The molecule has 2 amide bonds. The molecule has 2 heterocycles. The number of nitrogens with zero attached hydrogens (tertiary/aromatic N) is 2. The summed E-state index contributed by atoms with van der Waals surface area (Å²) >= 11 is 6.02. The first-order chi connectivity index (χ1) is 15.0. The summed E-state index contributed by atoms with van der Waals surface area (Å²) in [6.45, 7) is 0.949. The van der Waals surface area contributed by atoms with Crippen LogP contribution in [0.15, 0.2) is 59.1 Å². The summed E-state index contributed by atoms with van der Waals surface area (Å²) < 4.78 is 10.6. The van der Waals surface area contributed by atoms with Gasteiger partial charge in [0.2, 0.25) is 5.91 Å². The number of ether oxygens (including phenoxy) is 1. The molecule has 0 saturated carbocycles. The number of carbonyl (C=O) groups is 2. The van der Waals surface area contributed by atoms with Crippen LogP contribution < -0.4 is 10.1 Å². The molecule has 1 aromatic heterocycles. The molecule has 7 nitrogen and oxygen atoms in total. The first-order valence-corrected chi connectivity index (χ1v) is 10.4. The number of carbonyl (C=O) groups excluding carboxylic acids is 2. The molecule has 0 aliphatic carbocycles. The van der Waals surface area contributed by atoms with Gasteiger partial charge in [0.1, 0.15) is 5.75 Å². The van der Waals surface area contributed by atoms with Crippen LogP contribution in [0.3, 0.4) is 0 Å². The lowest BCUT2D eigenvalue weighted by molar-refractivity contribution is -0.121. The number of para-hydroxylation sites is 2. The maximum atomic E-state index is 12.8. The molecule has 0 radical (unpaired) electrons. The molecule has 1 aliphatic heterocycles. The van der Waals surface area contributed by atoms with Crippen LogP contribution in [0.2, 0.25) is 5.02 Å². The fourth-order valence-corrected chi connectivity index (χ4v) is 3.83. The molecule has 3 aromatic rings. The second kappa shape index (κ2) is 9.22. The third-order valence-electron chi connectivity index (χ3n) is 5.36. The van der Waals surface area contributed by atoms with Gasteiger partial charge >= 0.3 is 0 Å². The van der Waals surface area contributed by atoms with Crippen molar-refractivity contribution < 1.29 is 18.8 Å². The Labute approximate surface area is 184 Å². The summed E-state index contributed by atoms with van der Waals surface area (Å²) in [5.41, 5.74) is 1.64. The lowest BCUT2D eigenvalue weighted by atomic mass is 9.95. The number of amides is 2. The summed E-state index contributed by atoms with van der Waals surface area (Å²) in [6.07, 6.45) is 1.15. The molecule has 0 spiro atoms. The summed E-state index contributed by atoms with van der Waals surface area (Å²) in [4.78, 5) is 27.2. The predicted octanol–water partition coefficient (Wildman–Crippen LogP) is 4.49. The SMILES string of the molecule is COc1ccccc1NC(=O)C1CCN(C(=O)c2cc(-c3cccc(Cl)c3)on2)CC1. The Balaban J connectivity index is 1.35. The van der Waals surface area contributed by atoms with Gasteiger partial charge in [0.15, 0.2) is 11.5 Å². The minimum absolute atomic E-state index is 0.0683. The standard InChI is InChI=1S/C23H22ClN3O4/c1-30-20-8-3-2-7-18(20)25-22(28)15-9-11-27(12-10-15)23(29)19-14-21(31-26-19)16-5-4-6-17(24)13-16/h2-8,13-15H,9-12H2,1H3,(H,25,28). The van der Waals surface area contributed by atoms with Crippen LogP contribution in [-0.4, -0.2) is 42.1 Å². The van der Waals surface area contributed by atoms with Crippen LogP contribution in [-0.2, 0) is 4.79 Å². The number of likely N-dealkylation sites (tertiary alicyclic amines) is 1. The van der Waals surface area contributed by atoms with Crippen molar-refractivity contribution in [2.75, 3.05) is 25.5 Å². The molecule has 1 fully saturated rings. The number of aromatic nitrogens is 1. The third kappa shape index (κ3) is 4.72. The van der Waals surface area contributed by atoms with Crippen molar-refractivity contribution in [3.8, 4) is 17.1 Å². The molecule has 0 unspecified atom stereocenters. The molecule has 31 heavy (non-hydrogen) atoms. The van der Waals surface area contributed by atoms with Crippen molar-refractivity contribution in [2.24, 2.45) is 5.92 Å². The monoisotopic (exact) mass is 439 g/mol.